The van der Waals surface area contributed by atoms with Gasteiger partial charge in [0, 0.05) is 18.5 Å². The standard InChI is InChI=1S/C18H34N2O2/c1-14(17(2,3)4)19-22-13-10-16(21)20-11-8-15(9-12-20)18(5,6)7/h15H,8-13H2,1-7H3/b19-14+. The molecule has 1 rings (SSSR count). The molecule has 0 aromatic carbocycles. The molecule has 22 heavy (non-hydrogen) atoms. The van der Waals surface area contributed by atoms with E-state index in [9.17, 15) is 4.79 Å². The molecular formula is C18H34N2O2. The van der Waals surface area contributed by atoms with E-state index >= 15 is 0 Å². The lowest BCUT2D eigenvalue weighted by Gasteiger charge is -2.38. The van der Waals surface area contributed by atoms with Crippen molar-refractivity contribution in [3.8, 4) is 0 Å². The van der Waals surface area contributed by atoms with Gasteiger partial charge in [0.2, 0.25) is 5.91 Å². The number of rotatable bonds is 4. The molecule has 0 aromatic heterocycles. The van der Waals surface area contributed by atoms with Crippen molar-refractivity contribution >= 4 is 11.6 Å². The molecule has 128 valence electrons. The van der Waals surface area contributed by atoms with Crippen LogP contribution in [0.4, 0.5) is 0 Å². The molecule has 1 fully saturated rings. The summed E-state index contributed by atoms with van der Waals surface area (Å²) in [5.41, 5.74) is 1.31. The Bertz CT molecular complexity index is 394. The van der Waals surface area contributed by atoms with Crippen LogP contribution in [0.25, 0.3) is 0 Å². The summed E-state index contributed by atoms with van der Waals surface area (Å²) >= 11 is 0. The molecule has 4 nitrogen and oxygen atoms in total. The first-order valence-corrected chi connectivity index (χ1v) is 8.46. The lowest BCUT2D eigenvalue weighted by Crippen LogP contribution is -2.41. The molecule has 0 saturated carbocycles. The van der Waals surface area contributed by atoms with E-state index in [1.54, 1.807) is 0 Å². The summed E-state index contributed by atoms with van der Waals surface area (Å²) in [5, 5.41) is 4.10. The third-order valence-electron chi connectivity index (χ3n) is 4.77. The predicted molar refractivity (Wildman–Crippen MR) is 91.9 cm³/mol. The fourth-order valence-electron chi connectivity index (χ4n) is 2.57. The van der Waals surface area contributed by atoms with E-state index in [1.807, 2.05) is 11.8 Å². The second-order valence-electron chi connectivity index (χ2n) is 8.53. The molecule has 0 N–H and O–H groups in total. The summed E-state index contributed by atoms with van der Waals surface area (Å²) in [6, 6.07) is 0. The van der Waals surface area contributed by atoms with E-state index in [2.05, 4.69) is 46.7 Å². The van der Waals surface area contributed by atoms with E-state index in [4.69, 9.17) is 4.84 Å². The Labute approximate surface area is 136 Å². The van der Waals surface area contributed by atoms with Crippen molar-refractivity contribution in [3.63, 3.8) is 0 Å². The van der Waals surface area contributed by atoms with Crippen LogP contribution in [-0.4, -0.2) is 36.2 Å². The second-order valence-corrected chi connectivity index (χ2v) is 8.53. The van der Waals surface area contributed by atoms with Gasteiger partial charge >= 0.3 is 0 Å². The van der Waals surface area contributed by atoms with Gasteiger partial charge in [-0.2, -0.15) is 0 Å². The number of hydrogen-bond acceptors (Lipinski definition) is 3. The topological polar surface area (TPSA) is 41.9 Å². The van der Waals surface area contributed by atoms with E-state index in [-0.39, 0.29) is 11.3 Å². The lowest BCUT2D eigenvalue weighted by molar-refractivity contribution is -0.134. The highest BCUT2D eigenvalue weighted by Gasteiger charge is 2.30. The molecule has 4 heteroatoms. The minimum atomic E-state index is 0.0127. The van der Waals surface area contributed by atoms with Gasteiger partial charge in [-0.1, -0.05) is 46.7 Å². The third kappa shape index (κ3) is 5.98. The Morgan fingerprint density at radius 2 is 1.68 bits per heavy atom. The predicted octanol–water partition coefficient (Wildman–Crippen LogP) is 4.10. The third-order valence-corrected chi connectivity index (χ3v) is 4.77. The number of likely N-dealkylation sites (tertiary alicyclic amines) is 1. The van der Waals surface area contributed by atoms with Gasteiger partial charge in [0.25, 0.3) is 0 Å². The fourth-order valence-corrected chi connectivity index (χ4v) is 2.57. The Morgan fingerprint density at radius 3 is 2.14 bits per heavy atom. The molecular weight excluding hydrogens is 276 g/mol. The molecule has 0 bridgehead atoms. The van der Waals surface area contributed by atoms with Crippen molar-refractivity contribution in [3.05, 3.63) is 0 Å². The first-order chi connectivity index (χ1) is 10.0. The molecule has 0 unspecified atom stereocenters. The number of piperidine rings is 1. The van der Waals surface area contributed by atoms with Gasteiger partial charge in [0.15, 0.2) is 0 Å². The van der Waals surface area contributed by atoms with Crippen LogP contribution in [0.2, 0.25) is 0 Å². The molecule has 1 saturated heterocycles. The molecule has 0 radical (unpaired) electrons. The van der Waals surface area contributed by atoms with Crippen molar-refractivity contribution in [1.82, 2.24) is 4.90 Å². The van der Waals surface area contributed by atoms with Crippen molar-refractivity contribution in [2.24, 2.45) is 21.9 Å². The fraction of sp³-hybridized carbons (Fsp3) is 0.889. The highest BCUT2D eigenvalue weighted by molar-refractivity contribution is 5.86. The van der Waals surface area contributed by atoms with Crippen LogP contribution in [0, 0.1) is 16.7 Å². The summed E-state index contributed by atoms with van der Waals surface area (Å²) in [5.74, 6) is 0.905. The molecule has 1 aliphatic heterocycles. The summed E-state index contributed by atoms with van der Waals surface area (Å²) in [7, 11) is 0. The van der Waals surface area contributed by atoms with Gasteiger partial charge in [-0.05, 0) is 31.1 Å². The van der Waals surface area contributed by atoms with Crippen LogP contribution in [0.1, 0.15) is 67.7 Å². The zero-order valence-corrected chi connectivity index (χ0v) is 15.5. The zero-order chi connectivity index (χ0) is 17.0. The van der Waals surface area contributed by atoms with Crippen LogP contribution in [0.5, 0.6) is 0 Å². The minimum absolute atomic E-state index is 0.0127. The van der Waals surface area contributed by atoms with Crippen molar-refractivity contribution in [2.75, 3.05) is 19.7 Å². The van der Waals surface area contributed by atoms with Crippen molar-refractivity contribution in [2.45, 2.75) is 67.7 Å². The molecule has 1 amide bonds. The maximum absolute atomic E-state index is 12.2. The molecule has 0 aliphatic carbocycles. The SMILES string of the molecule is C/C(=N\OCCC(=O)N1CCC(C(C)(C)C)CC1)C(C)(C)C. The number of hydrogen-bond donors (Lipinski definition) is 0. The number of amides is 1. The Balaban J connectivity index is 2.31. The van der Waals surface area contributed by atoms with E-state index in [0.29, 0.717) is 24.4 Å². The average Bonchev–Trinajstić information content (AvgIpc) is 2.41. The average molecular weight is 310 g/mol. The van der Waals surface area contributed by atoms with Crippen molar-refractivity contribution < 1.29 is 9.63 Å². The Morgan fingerprint density at radius 1 is 1.14 bits per heavy atom. The number of oxime groups is 1. The molecule has 1 aliphatic rings. The Hall–Kier alpha value is -1.06. The molecule has 0 aromatic rings. The largest absolute Gasteiger partial charge is 0.395 e. The Kier molecular flexibility index (Phi) is 6.45. The van der Waals surface area contributed by atoms with Crippen LogP contribution in [-0.2, 0) is 9.63 Å². The van der Waals surface area contributed by atoms with Gasteiger partial charge in [0.05, 0.1) is 12.1 Å². The number of carbonyl (C=O) groups excluding carboxylic acids is 1. The van der Waals surface area contributed by atoms with Gasteiger partial charge in [-0.15, -0.1) is 0 Å². The number of nitrogens with zero attached hydrogens (tertiary/aromatic N) is 2. The van der Waals surface area contributed by atoms with Crippen LogP contribution in [0.15, 0.2) is 5.16 Å². The van der Waals surface area contributed by atoms with Crippen LogP contribution in [0.3, 0.4) is 0 Å². The van der Waals surface area contributed by atoms with Gasteiger partial charge in [0.1, 0.15) is 6.61 Å². The highest BCUT2D eigenvalue weighted by Crippen LogP contribution is 2.34. The summed E-state index contributed by atoms with van der Waals surface area (Å²) in [6.45, 7) is 17.2. The summed E-state index contributed by atoms with van der Waals surface area (Å²) in [4.78, 5) is 19.5. The number of carbonyl (C=O) groups is 1. The summed E-state index contributed by atoms with van der Waals surface area (Å²) < 4.78 is 0. The van der Waals surface area contributed by atoms with Crippen LogP contribution < -0.4 is 0 Å². The van der Waals surface area contributed by atoms with Gasteiger partial charge in [-0.25, -0.2) is 0 Å². The van der Waals surface area contributed by atoms with Crippen LogP contribution >= 0.6 is 0 Å². The molecule has 1 heterocycles. The maximum atomic E-state index is 12.2. The lowest BCUT2D eigenvalue weighted by atomic mass is 9.75. The minimum Gasteiger partial charge on any atom is -0.395 e. The monoisotopic (exact) mass is 310 g/mol. The smallest absolute Gasteiger partial charge is 0.226 e. The summed E-state index contributed by atoms with van der Waals surface area (Å²) in [6.07, 6.45) is 2.63. The van der Waals surface area contributed by atoms with Gasteiger partial charge < -0.3 is 9.74 Å². The van der Waals surface area contributed by atoms with Crippen molar-refractivity contribution in [1.29, 1.82) is 0 Å². The normalized spacial score (nSPS) is 18.5. The first-order valence-electron chi connectivity index (χ1n) is 8.46. The van der Waals surface area contributed by atoms with E-state index < -0.39 is 0 Å². The molecule has 0 spiro atoms. The maximum Gasteiger partial charge on any atom is 0.226 e. The van der Waals surface area contributed by atoms with E-state index in [0.717, 1.165) is 31.6 Å². The van der Waals surface area contributed by atoms with Gasteiger partial charge in [-0.3, -0.25) is 4.79 Å². The second kappa shape index (κ2) is 7.47. The molecule has 0 atom stereocenters. The first kappa shape index (κ1) is 19.0. The van der Waals surface area contributed by atoms with E-state index in [1.165, 1.54) is 0 Å². The highest BCUT2D eigenvalue weighted by atomic mass is 16.6. The zero-order valence-electron chi connectivity index (χ0n) is 15.5. The quantitative estimate of drug-likeness (QED) is 0.446.